The Morgan fingerprint density at radius 3 is 3.14 bits per heavy atom. The van der Waals surface area contributed by atoms with Gasteiger partial charge in [0.1, 0.15) is 11.4 Å². The molecule has 1 aromatic rings. The Bertz CT molecular complexity index is 522. The van der Waals surface area contributed by atoms with Gasteiger partial charge in [0.25, 0.3) is 5.91 Å². The molecule has 1 aliphatic carbocycles. The molecule has 6 heteroatoms. The van der Waals surface area contributed by atoms with Gasteiger partial charge in [-0.05, 0) is 12.5 Å². The summed E-state index contributed by atoms with van der Waals surface area (Å²) in [6.45, 7) is 1.36. The average molecular weight is 292 g/mol. The Hall–Kier alpha value is -1.66. The maximum absolute atomic E-state index is 12.3. The monoisotopic (exact) mass is 292 g/mol. The van der Waals surface area contributed by atoms with Gasteiger partial charge in [-0.15, -0.1) is 0 Å². The fourth-order valence-electron chi connectivity index (χ4n) is 3.32. The number of carbonyl (C=O) groups is 1. The molecular formula is C15H20N2O4. The molecular weight excluding hydrogens is 272 g/mol. The molecule has 2 aliphatic rings. The van der Waals surface area contributed by atoms with Crippen molar-refractivity contribution < 1.29 is 19.0 Å². The van der Waals surface area contributed by atoms with E-state index < -0.39 is 0 Å². The summed E-state index contributed by atoms with van der Waals surface area (Å²) in [5, 5.41) is 3.07. The van der Waals surface area contributed by atoms with E-state index in [1.54, 1.807) is 32.5 Å². The number of fused-ring (bicyclic) bond motifs is 1. The van der Waals surface area contributed by atoms with Crippen LogP contribution in [0.25, 0.3) is 0 Å². The summed E-state index contributed by atoms with van der Waals surface area (Å²) >= 11 is 0. The first-order valence-electron chi connectivity index (χ1n) is 7.16. The maximum atomic E-state index is 12.3. The molecule has 4 atom stereocenters. The number of methoxy groups -OCH3 is 2. The average Bonchev–Trinajstić information content (AvgIpc) is 2.94. The van der Waals surface area contributed by atoms with Crippen LogP contribution >= 0.6 is 0 Å². The van der Waals surface area contributed by atoms with Crippen molar-refractivity contribution in [2.75, 3.05) is 27.4 Å². The standard InChI is InChI=1S/C15H20N2O4/c1-19-8-11-13(10-4-6-21-14(10)11)17-15(18)12-7-9(20-2)3-5-16-12/h3,5,7,10-11,13-14H,4,6,8H2,1-2H3,(H,17,18)/t10-,11-,13-,14-/m0/s1. The highest BCUT2D eigenvalue weighted by molar-refractivity contribution is 5.92. The SMILES string of the molecule is COC[C@H]1[C@@H](NC(=O)c2cc(OC)ccn2)[C@@H]2CCO[C@@H]21. The normalized spacial score (nSPS) is 30.4. The van der Waals surface area contributed by atoms with Gasteiger partial charge in [0, 0.05) is 43.9 Å². The van der Waals surface area contributed by atoms with Crippen molar-refractivity contribution in [2.45, 2.75) is 18.6 Å². The molecule has 0 unspecified atom stereocenters. The summed E-state index contributed by atoms with van der Waals surface area (Å²) in [5.41, 5.74) is 0.368. The molecule has 1 saturated carbocycles. The molecule has 21 heavy (non-hydrogen) atoms. The molecule has 1 N–H and O–H groups in total. The number of pyridine rings is 1. The fourth-order valence-corrected chi connectivity index (χ4v) is 3.32. The molecule has 114 valence electrons. The second-order valence-corrected chi connectivity index (χ2v) is 5.49. The Morgan fingerprint density at radius 1 is 1.52 bits per heavy atom. The topological polar surface area (TPSA) is 69.7 Å². The van der Waals surface area contributed by atoms with Gasteiger partial charge >= 0.3 is 0 Å². The summed E-state index contributed by atoms with van der Waals surface area (Å²) in [6.07, 6.45) is 2.78. The number of ether oxygens (including phenoxy) is 3. The van der Waals surface area contributed by atoms with Crippen molar-refractivity contribution in [3.05, 3.63) is 24.0 Å². The predicted octanol–water partition coefficient (Wildman–Crippen LogP) is 0.870. The predicted molar refractivity (Wildman–Crippen MR) is 75.3 cm³/mol. The first kappa shape index (κ1) is 14.3. The van der Waals surface area contributed by atoms with Crippen LogP contribution < -0.4 is 10.1 Å². The van der Waals surface area contributed by atoms with Crippen LogP contribution in [0.3, 0.4) is 0 Å². The lowest BCUT2D eigenvalue weighted by Crippen LogP contribution is -2.62. The van der Waals surface area contributed by atoms with E-state index in [0.29, 0.717) is 24.0 Å². The van der Waals surface area contributed by atoms with Gasteiger partial charge in [-0.25, -0.2) is 0 Å². The van der Waals surface area contributed by atoms with Crippen molar-refractivity contribution in [3.8, 4) is 5.75 Å². The zero-order chi connectivity index (χ0) is 14.8. The van der Waals surface area contributed by atoms with E-state index in [0.717, 1.165) is 13.0 Å². The van der Waals surface area contributed by atoms with E-state index in [4.69, 9.17) is 14.2 Å². The summed E-state index contributed by atoms with van der Waals surface area (Å²) in [7, 11) is 3.24. The first-order chi connectivity index (χ1) is 10.2. The van der Waals surface area contributed by atoms with Crippen LogP contribution in [-0.4, -0.2) is 50.5 Å². The second-order valence-electron chi connectivity index (χ2n) is 5.49. The second kappa shape index (κ2) is 5.99. The highest BCUT2D eigenvalue weighted by Gasteiger charge is 2.54. The molecule has 1 aliphatic heterocycles. The van der Waals surface area contributed by atoms with Crippen LogP contribution in [0, 0.1) is 11.8 Å². The number of aromatic nitrogens is 1. The van der Waals surface area contributed by atoms with Crippen molar-refractivity contribution in [2.24, 2.45) is 11.8 Å². The van der Waals surface area contributed by atoms with Crippen LogP contribution in [-0.2, 0) is 9.47 Å². The van der Waals surface area contributed by atoms with Crippen molar-refractivity contribution in [1.29, 1.82) is 0 Å². The molecule has 2 fully saturated rings. The van der Waals surface area contributed by atoms with Gasteiger partial charge in [-0.2, -0.15) is 0 Å². The van der Waals surface area contributed by atoms with Crippen LogP contribution in [0.1, 0.15) is 16.9 Å². The van der Waals surface area contributed by atoms with Crippen molar-refractivity contribution in [3.63, 3.8) is 0 Å². The van der Waals surface area contributed by atoms with Gasteiger partial charge in [0.05, 0.1) is 19.8 Å². The van der Waals surface area contributed by atoms with Gasteiger partial charge in [-0.3, -0.25) is 9.78 Å². The minimum absolute atomic E-state index is 0.0953. The van der Waals surface area contributed by atoms with Crippen LogP contribution in [0.15, 0.2) is 18.3 Å². The van der Waals surface area contributed by atoms with Gasteiger partial charge in [0.15, 0.2) is 0 Å². The number of hydrogen-bond acceptors (Lipinski definition) is 5. The van der Waals surface area contributed by atoms with Crippen LogP contribution in [0.4, 0.5) is 0 Å². The minimum Gasteiger partial charge on any atom is -0.497 e. The minimum atomic E-state index is -0.176. The lowest BCUT2D eigenvalue weighted by molar-refractivity contribution is -0.0810. The maximum Gasteiger partial charge on any atom is 0.270 e. The Morgan fingerprint density at radius 2 is 2.38 bits per heavy atom. The third-order valence-corrected chi connectivity index (χ3v) is 4.38. The number of rotatable bonds is 5. The molecule has 1 aromatic heterocycles. The third-order valence-electron chi connectivity index (χ3n) is 4.38. The first-order valence-corrected chi connectivity index (χ1v) is 7.16. The molecule has 0 radical (unpaired) electrons. The molecule has 6 nitrogen and oxygen atoms in total. The largest absolute Gasteiger partial charge is 0.497 e. The molecule has 2 heterocycles. The highest BCUT2D eigenvalue weighted by Crippen LogP contribution is 2.43. The zero-order valence-electron chi connectivity index (χ0n) is 12.2. The number of carbonyl (C=O) groups excluding carboxylic acids is 1. The van der Waals surface area contributed by atoms with E-state index in [1.165, 1.54) is 0 Å². The van der Waals surface area contributed by atoms with Gasteiger partial charge < -0.3 is 19.5 Å². The summed E-state index contributed by atoms with van der Waals surface area (Å²) < 4.78 is 16.1. The number of hydrogen-bond donors (Lipinski definition) is 1. The molecule has 1 amide bonds. The van der Waals surface area contributed by atoms with Gasteiger partial charge in [-0.1, -0.05) is 0 Å². The van der Waals surface area contributed by atoms with Gasteiger partial charge in [0.2, 0.25) is 0 Å². The molecule has 0 aromatic carbocycles. The van der Waals surface area contributed by atoms with E-state index in [1.807, 2.05) is 0 Å². The Labute approximate surface area is 123 Å². The molecule has 0 spiro atoms. The molecule has 0 bridgehead atoms. The fraction of sp³-hybridized carbons (Fsp3) is 0.600. The van der Waals surface area contributed by atoms with E-state index in [9.17, 15) is 4.79 Å². The Balaban J connectivity index is 1.68. The zero-order valence-corrected chi connectivity index (χ0v) is 12.2. The Kier molecular flexibility index (Phi) is 4.07. The van der Waals surface area contributed by atoms with E-state index >= 15 is 0 Å². The number of nitrogens with zero attached hydrogens (tertiary/aromatic N) is 1. The van der Waals surface area contributed by atoms with E-state index in [2.05, 4.69) is 10.3 Å². The number of nitrogens with one attached hydrogen (secondary N) is 1. The van der Waals surface area contributed by atoms with Crippen molar-refractivity contribution >= 4 is 5.91 Å². The summed E-state index contributed by atoms with van der Waals surface area (Å²) in [5.74, 6) is 1.06. The lowest BCUT2D eigenvalue weighted by Gasteiger charge is -2.47. The summed E-state index contributed by atoms with van der Waals surface area (Å²) in [4.78, 5) is 16.4. The van der Waals surface area contributed by atoms with Crippen LogP contribution in [0.5, 0.6) is 5.75 Å². The lowest BCUT2D eigenvalue weighted by atomic mass is 9.67. The van der Waals surface area contributed by atoms with Crippen LogP contribution in [0.2, 0.25) is 0 Å². The smallest absolute Gasteiger partial charge is 0.270 e. The summed E-state index contributed by atoms with van der Waals surface area (Å²) in [6, 6.07) is 3.45. The van der Waals surface area contributed by atoms with Crippen molar-refractivity contribution in [1.82, 2.24) is 10.3 Å². The number of amides is 1. The quantitative estimate of drug-likeness (QED) is 0.872. The molecule has 1 saturated heterocycles. The highest BCUT2D eigenvalue weighted by atomic mass is 16.5. The third kappa shape index (κ3) is 2.61. The molecule has 3 rings (SSSR count). The van der Waals surface area contributed by atoms with E-state index in [-0.39, 0.29) is 24.0 Å².